The average Bonchev–Trinajstić information content (AvgIpc) is 3.08. The Morgan fingerprint density at radius 1 is 1.38 bits per heavy atom. The molecule has 1 aromatic carbocycles. The third kappa shape index (κ3) is 3.87. The van der Waals surface area contributed by atoms with Crippen LogP contribution >= 0.6 is 0 Å². The molecule has 1 atom stereocenters. The van der Waals surface area contributed by atoms with Gasteiger partial charge in [0.15, 0.2) is 0 Å². The number of nitrogens with one attached hydrogen (secondary N) is 3. The zero-order valence-corrected chi connectivity index (χ0v) is 14.5. The molecular formula is C17H25N3O4. The van der Waals surface area contributed by atoms with E-state index in [0.29, 0.717) is 0 Å². The Kier molecular flexibility index (Phi) is 5.82. The lowest BCUT2D eigenvalue weighted by Crippen LogP contribution is -2.36. The van der Waals surface area contributed by atoms with Gasteiger partial charge in [0.05, 0.1) is 37.5 Å². The van der Waals surface area contributed by atoms with E-state index in [4.69, 9.17) is 9.47 Å². The van der Waals surface area contributed by atoms with Crippen LogP contribution in [0.4, 0.5) is 0 Å². The van der Waals surface area contributed by atoms with Crippen molar-refractivity contribution in [2.24, 2.45) is 5.41 Å². The van der Waals surface area contributed by atoms with Gasteiger partial charge in [-0.3, -0.25) is 4.79 Å². The minimum atomic E-state index is -0.892. The summed E-state index contributed by atoms with van der Waals surface area (Å²) in [5.74, 6) is -0.358. The van der Waals surface area contributed by atoms with Crippen molar-refractivity contribution < 1.29 is 19.4 Å². The number of methoxy groups -OCH3 is 1. The van der Waals surface area contributed by atoms with Crippen LogP contribution in [0.3, 0.4) is 0 Å². The number of hydrazine groups is 2. The number of aryl methyl sites for hydroxylation is 1. The highest BCUT2D eigenvalue weighted by Crippen LogP contribution is 2.38. The fourth-order valence-corrected chi connectivity index (χ4v) is 2.64. The fraction of sp³-hybridized carbons (Fsp3) is 0.471. The number of ether oxygens (including phenoxy) is 2. The minimum Gasteiger partial charge on any atom is -0.469 e. The lowest BCUT2D eigenvalue weighted by molar-refractivity contribution is -0.160. The van der Waals surface area contributed by atoms with Gasteiger partial charge in [-0.2, -0.15) is 5.53 Å². The Morgan fingerprint density at radius 3 is 2.71 bits per heavy atom. The molecule has 1 heterocycles. The lowest BCUT2D eigenvalue weighted by Gasteiger charge is -2.32. The van der Waals surface area contributed by atoms with E-state index in [9.17, 15) is 9.90 Å². The Labute approximate surface area is 142 Å². The van der Waals surface area contributed by atoms with E-state index in [1.165, 1.54) is 7.11 Å². The quantitative estimate of drug-likeness (QED) is 0.557. The normalized spacial score (nSPS) is 15.3. The van der Waals surface area contributed by atoms with Crippen molar-refractivity contribution in [3.8, 4) is 0 Å². The summed E-state index contributed by atoms with van der Waals surface area (Å²) in [6.45, 7) is 5.73. The summed E-state index contributed by atoms with van der Waals surface area (Å²) in [6.07, 6.45) is 1.22. The highest BCUT2D eigenvalue weighted by atomic mass is 16.5. The lowest BCUT2D eigenvalue weighted by atomic mass is 9.81. The van der Waals surface area contributed by atoms with E-state index in [-0.39, 0.29) is 19.2 Å². The average molecular weight is 335 g/mol. The van der Waals surface area contributed by atoms with Crippen LogP contribution < -0.4 is 16.4 Å². The molecule has 1 aliphatic heterocycles. The number of aliphatic hydroxyl groups is 1. The second kappa shape index (κ2) is 7.65. The smallest absolute Gasteiger partial charge is 0.314 e. The number of hydrogen-bond acceptors (Lipinski definition) is 7. The largest absolute Gasteiger partial charge is 0.469 e. The van der Waals surface area contributed by atoms with E-state index >= 15 is 0 Å². The van der Waals surface area contributed by atoms with Crippen LogP contribution in [0.15, 0.2) is 30.1 Å². The summed E-state index contributed by atoms with van der Waals surface area (Å²) >= 11 is 0. The maximum absolute atomic E-state index is 12.3. The van der Waals surface area contributed by atoms with Crippen LogP contribution in [0.5, 0.6) is 0 Å². The van der Waals surface area contributed by atoms with Crippen LogP contribution in [0, 0.1) is 12.3 Å². The van der Waals surface area contributed by atoms with Crippen LogP contribution in [-0.4, -0.2) is 24.8 Å². The molecule has 1 aliphatic rings. The zero-order chi connectivity index (χ0) is 17.7. The van der Waals surface area contributed by atoms with Gasteiger partial charge in [-0.1, -0.05) is 18.2 Å². The van der Waals surface area contributed by atoms with Crippen molar-refractivity contribution in [2.75, 3.05) is 13.7 Å². The van der Waals surface area contributed by atoms with Crippen LogP contribution in [-0.2, 0) is 20.9 Å². The molecule has 0 bridgehead atoms. The summed E-state index contributed by atoms with van der Waals surface area (Å²) in [4.78, 5) is 12.3. The first-order valence-electron chi connectivity index (χ1n) is 7.76. The maximum Gasteiger partial charge on any atom is 0.314 e. The number of carbonyl (C=O) groups excluding carboxylic acids is 1. The van der Waals surface area contributed by atoms with E-state index in [1.54, 1.807) is 20.0 Å². The second-order valence-corrected chi connectivity index (χ2v) is 6.31. The summed E-state index contributed by atoms with van der Waals surface area (Å²) in [7, 11) is 1.37. The molecule has 4 N–H and O–H groups in total. The van der Waals surface area contributed by atoms with Crippen LogP contribution in [0.1, 0.15) is 36.6 Å². The second-order valence-electron chi connectivity index (χ2n) is 6.31. The monoisotopic (exact) mass is 335 g/mol. The van der Waals surface area contributed by atoms with Gasteiger partial charge in [0.1, 0.15) is 0 Å². The van der Waals surface area contributed by atoms with E-state index < -0.39 is 11.5 Å². The van der Waals surface area contributed by atoms with Crippen molar-refractivity contribution in [1.82, 2.24) is 16.4 Å². The highest BCUT2D eigenvalue weighted by Gasteiger charge is 2.40. The van der Waals surface area contributed by atoms with Crippen molar-refractivity contribution in [2.45, 2.75) is 33.5 Å². The number of benzene rings is 1. The summed E-state index contributed by atoms with van der Waals surface area (Å²) in [5.41, 5.74) is 11.0. The number of hydrogen-bond donors (Lipinski definition) is 4. The summed E-state index contributed by atoms with van der Waals surface area (Å²) < 4.78 is 11.0. The van der Waals surface area contributed by atoms with Gasteiger partial charge in [-0.25, -0.2) is 0 Å². The highest BCUT2D eigenvalue weighted by molar-refractivity contribution is 5.77. The maximum atomic E-state index is 12.3. The van der Waals surface area contributed by atoms with E-state index in [0.717, 1.165) is 22.4 Å². The molecule has 2 rings (SSSR count). The SMILES string of the molecule is COC(=O)C(C)(C)C(OCC1=CNNN1)c1ccc(C)c(CO)c1. The number of esters is 1. The molecule has 132 valence electrons. The Hall–Kier alpha value is -2.09. The fourth-order valence-electron chi connectivity index (χ4n) is 2.64. The van der Waals surface area contributed by atoms with Gasteiger partial charge in [0.2, 0.25) is 0 Å². The van der Waals surface area contributed by atoms with Crippen LogP contribution in [0.2, 0.25) is 0 Å². The molecule has 24 heavy (non-hydrogen) atoms. The zero-order valence-electron chi connectivity index (χ0n) is 14.5. The first kappa shape index (κ1) is 18.3. The predicted octanol–water partition coefficient (Wildman–Crippen LogP) is 1.20. The third-order valence-electron chi connectivity index (χ3n) is 4.16. The van der Waals surface area contributed by atoms with Gasteiger partial charge >= 0.3 is 5.97 Å². The first-order valence-corrected chi connectivity index (χ1v) is 7.76. The topological polar surface area (TPSA) is 91.9 Å². The van der Waals surface area contributed by atoms with Crippen molar-refractivity contribution in [3.63, 3.8) is 0 Å². The number of aliphatic hydroxyl groups excluding tert-OH is 1. The molecule has 0 aromatic heterocycles. The van der Waals surface area contributed by atoms with E-state index in [2.05, 4.69) is 16.4 Å². The molecule has 0 saturated carbocycles. The molecule has 1 aromatic rings. The number of carbonyl (C=O) groups is 1. The Balaban J connectivity index is 2.32. The molecule has 0 spiro atoms. The van der Waals surface area contributed by atoms with Crippen LogP contribution in [0.25, 0.3) is 0 Å². The number of rotatable bonds is 7. The van der Waals surface area contributed by atoms with Crippen molar-refractivity contribution in [1.29, 1.82) is 0 Å². The third-order valence-corrected chi connectivity index (χ3v) is 4.16. The minimum absolute atomic E-state index is 0.0639. The molecule has 7 nitrogen and oxygen atoms in total. The van der Waals surface area contributed by atoms with Gasteiger partial charge in [-0.05, 0) is 37.5 Å². The van der Waals surface area contributed by atoms with Gasteiger partial charge in [-0.15, -0.1) is 0 Å². The summed E-state index contributed by atoms with van der Waals surface area (Å²) in [5, 5.41) is 9.52. The standard InChI is InChI=1S/C17H25N3O4/c1-11-5-6-12(7-13(11)9-21)15(17(2,3)16(22)23-4)24-10-14-8-18-20-19-14/h5-8,15,18-21H,9-10H2,1-4H3. The molecule has 0 amide bonds. The molecule has 0 radical (unpaired) electrons. The first-order chi connectivity index (χ1) is 11.4. The molecule has 1 unspecified atom stereocenters. The van der Waals surface area contributed by atoms with Crippen molar-refractivity contribution in [3.05, 3.63) is 46.8 Å². The molecule has 7 heteroatoms. The van der Waals surface area contributed by atoms with Gasteiger partial charge < -0.3 is 25.4 Å². The predicted molar refractivity (Wildman–Crippen MR) is 89.1 cm³/mol. The van der Waals surface area contributed by atoms with Gasteiger partial charge in [0, 0.05) is 6.20 Å². The van der Waals surface area contributed by atoms with Gasteiger partial charge in [0.25, 0.3) is 0 Å². The molecule has 0 saturated heterocycles. The molecular weight excluding hydrogens is 310 g/mol. The van der Waals surface area contributed by atoms with Crippen molar-refractivity contribution >= 4 is 5.97 Å². The molecule has 0 aliphatic carbocycles. The Morgan fingerprint density at radius 2 is 2.12 bits per heavy atom. The summed E-state index contributed by atoms with van der Waals surface area (Å²) in [6, 6.07) is 5.70. The molecule has 0 fully saturated rings. The Bertz CT molecular complexity index is 628. The van der Waals surface area contributed by atoms with E-state index in [1.807, 2.05) is 25.1 Å².